The molecule has 0 aromatic carbocycles. The first-order valence-corrected chi connectivity index (χ1v) is 7.88. The minimum Gasteiger partial charge on any atom is -0.392 e. The smallest absolute Gasteiger partial charge is 0.197 e. The molecule has 2 unspecified atom stereocenters. The second-order valence-corrected chi connectivity index (χ2v) is 6.86. The van der Waals surface area contributed by atoms with E-state index < -0.39 is 11.6 Å². The van der Waals surface area contributed by atoms with Crippen molar-refractivity contribution < 1.29 is 14.9 Å². The fraction of sp³-hybridized carbons (Fsp3) is 0.923. The summed E-state index contributed by atoms with van der Waals surface area (Å²) in [6, 6.07) is 2.46. The van der Waals surface area contributed by atoms with Crippen LogP contribution in [0.25, 0.3) is 0 Å². The molecule has 0 bridgehead atoms. The third kappa shape index (κ3) is 7.49. The average Bonchev–Trinajstić information content (AvgIpc) is 2.35. The Hall–Kier alpha value is -0.280. The van der Waals surface area contributed by atoms with Crippen molar-refractivity contribution in [3.8, 4) is 6.07 Å². The zero-order valence-corrected chi connectivity index (χ0v) is 13.8. The molecule has 0 aliphatic carbocycles. The van der Waals surface area contributed by atoms with Crippen LogP contribution in [0.4, 0.5) is 0 Å². The van der Waals surface area contributed by atoms with E-state index in [0.29, 0.717) is 0 Å². The van der Waals surface area contributed by atoms with Crippen LogP contribution in [0.2, 0.25) is 0 Å². The van der Waals surface area contributed by atoms with Crippen LogP contribution in [0.3, 0.4) is 0 Å². The molecule has 0 aromatic rings. The maximum atomic E-state index is 10.6. The Balaban J connectivity index is 4.85. The molecular formula is C13H28N3O3P. The highest BCUT2D eigenvalue weighted by Crippen LogP contribution is 2.40. The summed E-state index contributed by atoms with van der Waals surface area (Å²) >= 11 is 0. The van der Waals surface area contributed by atoms with Gasteiger partial charge in [-0.15, -0.1) is 0 Å². The number of nitriles is 1. The van der Waals surface area contributed by atoms with E-state index in [2.05, 4.69) is 4.67 Å². The van der Waals surface area contributed by atoms with Gasteiger partial charge in [0.15, 0.2) is 5.53 Å². The highest BCUT2D eigenvalue weighted by molar-refractivity contribution is 7.36. The Morgan fingerprint density at radius 3 is 2.30 bits per heavy atom. The lowest BCUT2D eigenvalue weighted by Crippen LogP contribution is -2.41. The zero-order chi connectivity index (χ0) is 15.8. The second kappa shape index (κ2) is 9.62. The fourth-order valence-electron chi connectivity index (χ4n) is 1.86. The molecule has 0 saturated heterocycles. The van der Waals surface area contributed by atoms with E-state index in [1.807, 2.05) is 33.8 Å². The van der Waals surface area contributed by atoms with Crippen molar-refractivity contribution in [1.82, 2.24) is 4.67 Å². The second-order valence-electron chi connectivity index (χ2n) is 5.34. The molecule has 0 saturated carbocycles. The van der Waals surface area contributed by atoms with Crippen molar-refractivity contribution in [2.45, 2.75) is 64.3 Å². The van der Waals surface area contributed by atoms with Gasteiger partial charge in [0.1, 0.15) is 0 Å². The summed E-state index contributed by atoms with van der Waals surface area (Å²) in [4.78, 5) is 0. The van der Waals surface area contributed by atoms with E-state index in [1.54, 1.807) is 0 Å². The quantitative estimate of drug-likeness (QED) is 0.316. The van der Waals surface area contributed by atoms with Gasteiger partial charge in [0.25, 0.3) is 0 Å². The first-order chi connectivity index (χ1) is 9.25. The predicted octanol–water partition coefficient (Wildman–Crippen LogP) is 0.985. The van der Waals surface area contributed by atoms with Gasteiger partial charge in [-0.2, -0.15) is 5.26 Å². The summed E-state index contributed by atoms with van der Waals surface area (Å²) in [5.41, 5.74) is 3.94. The third-order valence-electron chi connectivity index (χ3n) is 2.76. The molecule has 0 heterocycles. The highest BCUT2D eigenvalue weighted by Gasteiger charge is 2.34. The number of hydrogen-bond acceptors (Lipinski definition) is 6. The average molecular weight is 305 g/mol. The van der Waals surface area contributed by atoms with Crippen molar-refractivity contribution >= 4 is 8.73 Å². The summed E-state index contributed by atoms with van der Waals surface area (Å²) in [6.07, 6.45) is -0.575. The van der Waals surface area contributed by atoms with Gasteiger partial charge in [-0.05, 0) is 27.7 Å². The van der Waals surface area contributed by atoms with Gasteiger partial charge < -0.3 is 20.7 Å². The third-order valence-corrected chi connectivity index (χ3v) is 4.74. The number of nitrogens with zero attached hydrogens (tertiary/aromatic N) is 2. The SMILES string of the molecule is CC(C)N(P[C@@](O)(CC(O)CN)OCCC#N)C(C)C. The fourth-order valence-corrected chi connectivity index (χ4v) is 3.27. The maximum absolute atomic E-state index is 10.6. The van der Waals surface area contributed by atoms with Gasteiger partial charge in [0.2, 0.25) is 0 Å². The number of aliphatic hydroxyl groups is 2. The predicted molar refractivity (Wildman–Crippen MR) is 81.2 cm³/mol. The van der Waals surface area contributed by atoms with E-state index in [9.17, 15) is 10.2 Å². The van der Waals surface area contributed by atoms with Crippen LogP contribution < -0.4 is 5.73 Å². The summed E-state index contributed by atoms with van der Waals surface area (Å²) in [6.45, 7) is 8.38. The summed E-state index contributed by atoms with van der Waals surface area (Å²) in [5, 5.41) is 28.9. The number of ether oxygens (including phenoxy) is 1. The molecule has 0 aliphatic heterocycles. The maximum Gasteiger partial charge on any atom is 0.197 e. The summed E-state index contributed by atoms with van der Waals surface area (Å²) < 4.78 is 7.57. The molecule has 0 fully saturated rings. The molecule has 20 heavy (non-hydrogen) atoms. The van der Waals surface area contributed by atoms with Crippen LogP contribution in [0, 0.1) is 11.3 Å². The summed E-state index contributed by atoms with van der Waals surface area (Å²) in [7, 11) is -0.0232. The van der Waals surface area contributed by atoms with E-state index in [-0.39, 0.29) is 46.8 Å². The van der Waals surface area contributed by atoms with Crippen molar-refractivity contribution in [2.75, 3.05) is 13.2 Å². The zero-order valence-electron chi connectivity index (χ0n) is 12.8. The highest BCUT2D eigenvalue weighted by atomic mass is 31.1. The minimum absolute atomic E-state index is 0.0232. The minimum atomic E-state index is -1.47. The van der Waals surface area contributed by atoms with E-state index in [4.69, 9.17) is 15.7 Å². The largest absolute Gasteiger partial charge is 0.392 e. The molecule has 118 valence electrons. The van der Waals surface area contributed by atoms with Gasteiger partial charge in [0.05, 0.1) is 25.2 Å². The van der Waals surface area contributed by atoms with Crippen LogP contribution in [0.5, 0.6) is 0 Å². The van der Waals surface area contributed by atoms with Crippen LogP contribution in [0.15, 0.2) is 0 Å². The van der Waals surface area contributed by atoms with E-state index in [0.717, 1.165) is 0 Å². The molecule has 0 aromatic heterocycles. The monoisotopic (exact) mass is 305 g/mol. The Morgan fingerprint density at radius 1 is 1.35 bits per heavy atom. The lowest BCUT2D eigenvalue weighted by atomic mass is 10.2. The van der Waals surface area contributed by atoms with Gasteiger partial charge in [-0.1, -0.05) is 0 Å². The van der Waals surface area contributed by atoms with Gasteiger partial charge in [0, 0.05) is 33.8 Å². The molecule has 3 atom stereocenters. The molecule has 0 aliphatic rings. The first kappa shape index (κ1) is 19.7. The number of hydrogen-bond donors (Lipinski definition) is 3. The van der Waals surface area contributed by atoms with Crippen LogP contribution in [-0.4, -0.2) is 51.8 Å². The van der Waals surface area contributed by atoms with Gasteiger partial charge >= 0.3 is 0 Å². The molecule has 4 N–H and O–H groups in total. The lowest BCUT2D eigenvalue weighted by molar-refractivity contribution is -0.153. The Kier molecular flexibility index (Phi) is 9.48. The molecule has 6 nitrogen and oxygen atoms in total. The number of aliphatic hydroxyl groups excluding tert-OH is 1. The standard InChI is InChI=1S/C13H28N3O3P/c1-10(2)16(11(3)4)20-13(18,8-12(17)9-15)19-7-5-6-14/h10-12,17-18,20H,5,7-9,15H2,1-4H3/t12?,13-/m1/s1. The Labute approximate surface area is 123 Å². The van der Waals surface area contributed by atoms with E-state index in [1.165, 1.54) is 0 Å². The first-order valence-electron chi connectivity index (χ1n) is 6.93. The molecular weight excluding hydrogens is 277 g/mol. The van der Waals surface area contributed by atoms with E-state index >= 15 is 0 Å². The van der Waals surface area contributed by atoms with Crippen LogP contribution in [-0.2, 0) is 4.74 Å². The van der Waals surface area contributed by atoms with Crippen LogP contribution in [0.1, 0.15) is 40.5 Å². The van der Waals surface area contributed by atoms with Crippen molar-refractivity contribution in [3.05, 3.63) is 0 Å². The molecule has 7 heteroatoms. The Morgan fingerprint density at radius 2 is 1.90 bits per heavy atom. The summed E-state index contributed by atoms with van der Waals surface area (Å²) in [5.74, 6) is 0. The van der Waals surface area contributed by atoms with Crippen molar-refractivity contribution in [1.29, 1.82) is 5.26 Å². The molecule has 0 spiro atoms. The number of rotatable bonds is 10. The Bertz CT molecular complexity index is 302. The van der Waals surface area contributed by atoms with Crippen LogP contribution >= 0.6 is 8.73 Å². The molecule has 0 radical (unpaired) electrons. The van der Waals surface area contributed by atoms with Gasteiger partial charge in [-0.3, -0.25) is 4.67 Å². The topological polar surface area (TPSA) is 103 Å². The lowest BCUT2D eigenvalue weighted by Gasteiger charge is -2.39. The number of nitrogens with two attached hydrogens (primary N) is 1. The molecule has 0 rings (SSSR count). The van der Waals surface area contributed by atoms with Gasteiger partial charge in [-0.25, -0.2) is 0 Å². The van der Waals surface area contributed by atoms with Crippen molar-refractivity contribution in [3.63, 3.8) is 0 Å². The van der Waals surface area contributed by atoms with Crippen molar-refractivity contribution in [2.24, 2.45) is 5.73 Å². The normalized spacial score (nSPS) is 17.1. The molecule has 0 amide bonds.